The fourth-order valence-electron chi connectivity index (χ4n) is 3.60. The predicted molar refractivity (Wildman–Crippen MR) is 123 cm³/mol. The maximum absolute atomic E-state index is 13.7. The number of carbonyl (C=O) groups excluding carboxylic acids is 1. The van der Waals surface area contributed by atoms with Gasteiger partial charge in [-0.25, -0.2) is 4.39 Å². The third-order valence-electron chi connectivity index (χ3n) is 5.45. The van der Waals surface area contributed by atoms with E-state index >= 15 is 0 Å². The normalized spacial score (nSPS) is 14.3. The molecule has 1 fully saturated rings. The molecule has 0 unspecified atom stereocenters. The summed E-state index contributed by atoms with van der Waals surface area (Å²) in [6.07, 6.45) is -7.43. The Morgan fingerprint density at radius 1 is 1.05 bits per heavy atom. The molecule has 0 radical (unpaired) electrons. The number of benzene rings is 2. The fraction of sp³-hybridized carbons (Fsp3) is 0.250. The molecule has 0 spiro atoms. The number of alkyl halides is 6. The van der Waals surface area contributed by atoms with Gasteiger partial charge in [0.05, 0.1) is 17.4 Å². The Morgan fingerprint density at radius 2 is 1.78 bits per heavy atom. The number of rotatable bonds is 6. The molecule has 3 aromatic rings. The van der Waals surface area contributed by atoms with Gasteiger partial charge in [-0.2, -0.15) is 13.2 Å². The summed E-state index contributed by atoms with van der Waals surface area (Å²) >= 11 is 1.20. The van der Waals surface area contributed by atoms with Crippen LogP contribution in [0.3, 0.4) is 0 Å². The number of carbonyl (C=O) groups is 1. The van der Waals surface area contributed by atoms with Crippen molar-refractivity contribution in [2.24, 2.45) is 0 Å². The van der Waals surface area contributed by atoms with Gasteiger partial charge in [-0.3, -0.25) is 9.78 Å². The van der Waals surface area contributed by atoms with E-state index in [4.69, 9.17) is 0 Å². The summed E-state index contributed by atoms with van der Waals surface area (Å²) in [5.41, 5.74) is -1.48. The van der Waals surface area contributed by atoms with Crippen molar-refractivity contribution < 1.29 is 40.3 Å². The van der Waals surface area contributed by atoms with E-state index in [1.54, 1.807) is 0 Å². The van der Waals surface area contributed by atoms with Crippen molar-refractivity contribution in [1.29, 1.82) is 0 Å². The van der Waals surface area contributed by atoms with E-state index in [9.17, 15) is 35.5 Å². The van der Waals surface area contributed by atoms with Crippen LogP contribution in [0.25, 0.3) is 11.1 Å². The molecule has 2 heterocycles. The van der Waals surface area contributed by atoms with Gasteiger partial charge in [0.1, 0.15) is 11.6 Å². The van der Waals surface area contributed by atoms with Crippen molar-refractivity contribution in [3.63, 3.8) is 0 Å². The van der Waals surface area contributed by atoms with Crippen molar-refractivity contribution in [3.8, 4) is 16.9 Å². The Morgan fingerprint density at radius 3 is 2.41 bits per heavy atom. The van der Waals surface area contributed by atoms with Gasteiger partial charge in [0.15, 0.2) is 0 Å². The molecule has 1 amide bonds. The van der Waals surface area contributed by atoms with Crippen LogP contribution in [0, 0.1) is 5.82 Å². The van der Waals surface area contributed by atoms with Gasteiger partial charge in [-0.05, 0) is 36.4 Å². The predicted octanol–water partition coefficient (Wildman–Crippen LogP) is 6.15. The van der Waals surface area contributed by atoms with Gasteiger partial charge in [-0.1, -0.05) is 0 Å². The smallest absolute Gasteiger partial charge is 0.405 e. The number of aromatic nitrogens is 1. The van der Waals surface area contributed by atoms with E-state index in [-0.39, 0.29) is 32.5 Å². The standard InChI is InChI=1S/C24H18F7N3O2S/c1-34(22(35)13-6-14(23(26,27)28)8-16(7-13)37-17-10-33-11-17)20-12-32-5-4-18(20)19-3-2-15(25)9-21(19)36-24(29,30)31/h2-9,12,17,33H,10-11H2,1H3. The van der Waals surface area contributed by atoms with E-state index in [0.29, 0.717) is 25.2 Å². The monoisotopic (exact) mass is 545 g/mol. The highest BCUT2D eigenvalue weighted by molar-refractivity contribution is 8.00. The van der Waals surface area contributed by atoms with Crippen LogP contribution < -0.4 is 15.0 Å². The summed E-state index contributed by atoms with van der Waals surface area (Å²) in [6, 6.07) is 6.80. The second-order valence-electron chi connectivity index (χ2n) is 8.09. The zero-order valence-corrected chi connectivity index (χ0v) is 19.8. The largest absolute Gasteiger partial charge is 0.573 e. The third-order valence-corrected chi connectivity index (χ3v) is 6.63. The van der Waals surface area contributed by atoms with E-state index in [1.807, 2.05) is 0 Å². The highest BCUT2D eigenvalue weighted by Gasteiger charge is 2.34. The maximum Gasteiger partial charge on any atom is 0.573 e. The van der Waals surface area contributed by atoms with Gasteiger partial charge >= 0.3 is 12.5 Å². The number of amides is 1. The number of hydrogen-bond donors (Lipinski definition) is 1. The van der Waals surface area contributed by atoms with Gasteiger partial charge in [0, 0.05) is 59.2 Å². The van der Waals surface area contributed by atoms with Crippen LogP contribution in [-0.2, 0) is 6.18 Å². The topological polar surface area (TPSA) is 54.5 Å². The first-order chi connectivity index (χ1) is 17.3. The van der Waals surface area contributed by atoms with Crippen molar-refractivity contribution in [3.05, 3.63) is 71.8 Å². The van der Waals surface area contributed by atoms with E-state index in [2.05, 4.69) is 15.0 Å². The summed E-state index contributed by atoms with van der Waals surface area (Å²) in [6.45, 7) is 1.23. The fourth-order valence-corrected chi connectivity index (χ4v) is 4.78. The zero-order chi connectivity index (χ0) is 27.0. The molecule has 1 aliphatic heterocycles. The lowest BCUT2D eigenvalue weighted by molar-refractivity contribution is -0.274. The number of anilines is 1. The number of nitrogens with zero attached hydrogens (tertiary/aromatic N) is 2. The van der Waals surface area contributed by atoms with Crippen LogP contribution in [0.5, 0.6) is 5.75 Å². The molecule has 196 valence electrons. The number of ether oxygens (including phenoxy) is 1. The molecule has 13 heteroatoms. The van der Waals surface area contributed by atoms with Crippen molar-refractivity contribution in [2.75, 3.05) is 25.0 Å². The van der Waals surface area contributed by atoms with E-state index in [0.717, 1.165) is 29.3 Å². The molecule has 5 nitrogen and oxygen atoms in total. The van der Waals surface area contributed by atoms with Crippen LogP contribution in [-0.4, -0.2) is 42.6 Å². The molecule has 0 bridgehead atoms. The van der Waals surface area contributed by atoms with Gasteiger partial charge in [0.2, 0.25) is 0 Å². The molecule has 1 saturated heterocycles. The maximum atomic E-state index is 13.7. The minimum atomic E-state index is -5.13. The van der Waals surface area contributed by atoms with Crippen LogP contribution in [0.4, 0.5) is 36.4 Å². The molecule has 1 aromatic heterocycles. The van der Waals surface area contributed by atoms with Crippen LogP contribution in [0.15, 0.2) is 59.8 Å². The summed E-state index contributed by atoms with van der Waals surface area (Å²) in [7, 11) is 1.25. The molecule has 4 rings (SSSR count). The molecule has 2 aromatic carbocycles. The molecule has 0 aliphatic carbocycles. The first-order valence-corrected chi connectivity index (χ1v) is 11.6. The Bertz CT molecular complexity index is 1310. The number of hydrogen-bond acceptors (Lipinski definition) is 5. The quantitative estimate of drug-likeness (QED) is 0.377. The highest BCUT2D eigenvalue weighted by atomic mass is 32.2. The SMILES string of the molecule is CN(C(=O)c1cc(SC2CNC2)cc(C(F)(F)F)c1)c1cnccc1-c1ccc(F)cc1OC(F)(F)F. The minimum absolute atomic E-state index is 0.0206. The summed E-state index contributed by atoms with van der Waals surface area (Å²) < 4.78 is 97.3. The average Bonchev–Trinajstić information content (AvgIpc) is 2.79. The van der Waals surface area contributed by atoms with E-state index < -0.39 is 35.6 Å². The highest BCUT2D eigenvalue weighted by Crippen LogP contribution is 2.40. The van der Waals surface area contributed by atoms with Crippen molar-refractivity contribution in [2.45, 2.75) is 22.7 Å². The van der Waals surface area contributed by atoms with Crippen molar-refractivity contribution >= 4 is 23.4 Å². The molecule has 1 N–H and O–H groups in total. The molecule has 37 heavy (non-hydrogen) atoms. The lowest BCUT2D eigenvalue weighted by Crippen LogP contribution is -2.44. The number of thioether (sulfide) groups is 1. The second kappa shape index (κ2) is 10.2. The summed E-state index contributed by atoms with van der Waals surface area (Å²) in [4.78, 5) is 18.5. The molecule has 0 atom stereocenters. The van der Waals surface area contributed by atoms with Gasteiger partial charge in [0.25, 0.3) is 5.91 Å². The Hall–Kier alpha value is -3.32. The van der Waals surface area contributed by atoms with Gasteiger partial charge in [-0.15, -0.1) is 24.9 Å². The molecule has 1 aliphatic rings. The zero-order valence-electron chi connectivity index (χ0n) is 19.0. The third kappa shape index (κ3) is 6.34. The molecule has 0 saturated carbocycles. The summed E-state index contributed by atoms with van der Waals surface area (Å²) in [5.74, 6) is -2.69. The Kier molecular flexibility index (Phi) is 7.38. The first-order valence-electron chi connectivity index (χ1n) is 10.7. The molecular weight excluding hydrogens is 527 g/mol. The lowest BCUT2D eigenvalue weighted by Gasteiger charge is -2.27. The first kappa shape index (κ1) is 26.7. The van der Waals surface area contributed by atoms with Crippen LogP contribution in [0.1, 0.15) is 15.9 Å². The Balaban J connectivity index is 1.74. The second-order valence-corrected chi connectivity index (χ2v) is 9.46. The van der Waals surface area contributed by atoms with Crippen LogP contribution in [0.2, 0.25) is 0 Å². The van der Waals surface area contributed by atoms with Gasteiger partial charge < -0.3 is 15.0 Å². The average molecular weight is 545 g/mol. The number of pyridine rings is 1. The lowest BCUT2D eigenvalue weighted by atomic mass is 10.0. The summed E-state index contributed by atoms with van der Waals surface area (Å²) in [5, 5.41) is 3.07. The minimum Gasteiger partial charge on any atom is -0.405 e. The number of halogens is 7. The van der Waals surface area contributed by atoms with Crippen molar-refractivity contribution in [1.82, 2.24) is 10.3 Å². The number of nitrogens with one attached hydrogen (secondary N) is 1. The van der Waals surface area contributed by atoms with Crippen LogP contribution >= 0.6 is 11.8 Å². The molecular formula is C24H18F7N3O2S. The van der Waals surface area contributed by atoms with E-state index in [1.165, 1.54) is 37.1 Å². The Labute approximate surface area is 210 Å².